The molecule has 2 amide bonds. The van der Waals surface area contributed by atoms with Gasteiger partial charge in [0.2, 0.25) is 5.88 Å². The van der Waals surface area contributed by atoms with E-state index in [1.54, 1.807) is 11.8 Å². The molecule has 3 atom stereocenters. The number of benzene rings is 4. The first-order chi connectivity index (χ1) is 24.4. The lowest BCUT2D eigenvalue weighted by Gasteiger charge is -2.37. The first-order valence-electron chi connectivity index (χ1n) is 17.3. The smallest absolute Gasteiger partial charge is 0.354 e. The van der Waals surface area contributed by atoms with Gasteiger partial charge in [0.1, 0.15) is 17.0 Å². The molecule has 256 valence electrons. The van der Waals surface area contributed by atoms with Crippen LogP contribution >= 0.6 is 0 Å². The molecule has 0 unspecified atom stereocenters. The predicted molar refractivity (Wildman–Crippen MR) is 194 cm³/mol. The molecular formula is C40H41N5O4S. The summed E-state index contributed by atoms with van der Waals surface area (Å²) >= 11 is 0. The van der Waals surface area contributed by atoms with Gasteiger partial charge >= 0.3 is 6.03 Å². The normalized spacial score (nSPS) is 18.8. The van der Waals surface area contributed by atoms with Gasteiger partial charge in [-0.25, -0.2) is 18.4 Å². The Morgan fingerprint density at radius 1 is 0.960 bits per heavy atom. The van der Waals surface area contributed by atoms with Crippen molar-refractivity contribution in [1.82, 2.24) is 14.5 Å². The summed E-state index contributed by atoms with van der Waals surface area (Å²) in [5.41, 5.74) is 6.88. The number of carbonyl (C=O) groups excluding carboxylic acids is 1. The zero-order valence-corrected chi connectivity index (χ0v) is 29.1. The van der Waals surface area contributed by atoms with E-state index < -0.39 is 21.5 Å². The molecule has 1 aliphatic heterocycles. The lowest BCUT2D eigenvalue weighted by atomic mass is 9.78. The van der Waals surface area contributed by atoms with Crippen LogP contribution in [0.1, 0.15) is 70.7 Å². The monoisotopic (exact) mass is 687 g/mol. The highest BCUT2D eigenvalue weighted by Gasteiger charge is 2.43. The van der Waals surface area contributed by atoms with Gasteiger partial charge in [-0.3, -0.25) is 0 Å². The molecule has 4 aromatic carbocycles. The van der Waals surface area contributed by atoms with E-state index in [9.17, 15) is 4.79 Å². The molecule has 9 nitrogen and oxygen atoms in total. The highest BCUT2D eigenvalue weighted by Crippen LogP contribution is 2.45. The summed E-state index contributed by atoms with van der Waals surface area (Å²) in [5.74, 6) is 0.505. The molecule has 3 aliphatic rings. The maximum absolute atomic E-state index is 16.0. The van der Waals surface area contributed by atoms with Gasteiger partial charge in [-0.15, -0.1) is 4.36 Å². The fraction of sp³-hybridized carbons (Fsp3) is 0.300. The number of methoxy groups -OCH3 is 1. The van der Waals surface area contributed by atoms with E-state index in [2.05, 4.69) is 25.6 Å². The van der Waals surface area contributed by atoms with Crippen molar-refractivity contribution in [2.45, 2.75) is 61.4 Å². The van der Waals surface area contributed by atoms with E-state index in [0.29, 0.717) is 19.1 Å². The third-order valence-corrected chi connectivity index (χ3v) is 12.2. The van der Waals surface area contributed by atoms with E-state index >= 15 is 4.21 Å². The fourth-order valence-electron chi connectivity index (χ4n) is 8.05. The van der Waals surface area contributed by atoms with Gasteiger partial charge in [-0.05, 0) is 78.0 Å². The van der Waals surface area contributed by atoms with Crippen LogP contribution in [0.5, 0.6) is 5.88 Å². The molecule has 0 spiro atoms. The Hall–Kier alpha value is -4.77. The SMILES string of the molecule is COC[C@H]1CCc2cc3c(c(NC(=O)N=[S@](=O)(NC(c4ccccc4)(c4ccccc4)c4ccccc4)c4cnn5c4OC[C@@H]5C)c21)CCC3. The van der Waals surface area contributed by atoms with Crippen LogP contribution in [0.3, 0.4) is 0 Å². The Kier molecular flexibility index (Phi) is 8.54. The second-order valence-electron chi connectivity index (χ2n) is 13.4. The number of hydrogen-bond acceptors (Lipinski definition) is 5. The number of nitrogens with zero attached hydrogens (tertiary/aromatic N) is 3. The third-order valence-electron chi connectivity index (χ3n) is 10.3. The van der Waals surface area contributed by atoms with Crippen LogP contribution in [-0.2, 0) is 39.5 Å². The zero-order valence-electron chi connectivity index (χ0n) is 28.3. The van der Waals surface area contributed by atoms with Gasteiger partial charge < -0.3 is 14.8 Å². The number of carbonyl (C=O) groups is 1. The van der Waals surface area contributed by atoms with Crippen molar-refractivity contribution in [2.24, 2.45) is 4.36 Å². The van der Waals surface area contributed by atoms with Gasteiger partial charge in [-0.2, -0.15) is 5.10 Å². The topological polar surface area (TPSA) is 107 Å². The van der Waals surface area contributed by atoms with Gasteiger partial charge in [0, 0.05) is 18.7 Å². The lowest BCUT2D eigenvalue weighted by Crippen LogP contribution is -2.48. The van der Waals surface area contributed by atoms with E-state index in [1.165, 1.54) is 17.3 Å². The lowest BCUT2D eigenvalue weighted by molar-refractivity contribution is 0.179. The van der Waals surface area contributed by atoms with E-state index in [1.807, 2.05) is 97.9 Å². The van der Waals surface area contributed by atoms with Crippen molar-refractivity contribution in [1.29, 1.82) is 0 Å². The summed E-state index contributed by atoms with van der Waals surface area (Å²) in [5, 5.41) is 7.76. The summed E-state index contributed by atoms with van der Waals surface area (Å²) in [6.07, 6.45) is 6.28. The number of aromatic nitrogens is 2. The maximum Gasteiger partial charge on any atom is 0.354 e. The van der Waals surface area contributed by atoms with Gasteiger partial charge in [0.05, 0.1) is 18.8 Å². The summed E-state index contributed by atoms with van der Waals surface area (Å²) in [4.78, 5) is 14.7. The van der Waals surface area contributed by atoms with Crippen LogP contribution < -0.4 is 14.8 Å². The zero-order chi connectivity index (χ0) is 34.3. The quantitative estimate of drug-likeness (QED) is 0.156. The van der Waals surface area contributed by atoms with Crippen LogP contribution in [0, 0.1) is 0 Å². The molecule has 0 bridgehead atoms. The van der Waals surface area contributed by atoms with Crippen LogP contribution in [0.2, 0.25) is 0 Å². The summed E-state index contributed by atoms with van der Waals surface area (Å²) in [7, 11) is -2.10. The predicted octanol–water partition coefficient (Wildman–Crippen LogP) is 7.56. The number of anilines is 1. The van der Waals surface area contributed by atoms with Crippen molar-refractivity contribution >= 4 is 21.6 Å². The Morgan fingerprint density at radius 2 is 1.60 bits per heavy atom. The molecule has 0 fully saturated rings. The maximum atomic E-state index is 16.0. The number of hydrogen-bond donors (Lipinski definition) is 2. The molecule has 5 aromatic rings. The molecular weight excluding hydrogens is 647 g/mol. The van der Waals surface area contributed by atoms with Crippen molar-refractivity contribution in [3.05, 3.63) is 142 Å². The average Bonchev–Trinajstić information content (AvgIpc) is 3.95. The molecule has 10 heteroatoms. The number of aryl methyl sites for hydroxylation is 2. The minimum Gasteiger partial charge on any atom is -0.475 e. The Morgan fingerprint density at radius 3 is 2.22 bits per heavy atom. The third kappa shape index (κ3) is 5.52. The van der Waals surface area contributed by atoms with Gasteiger partial charge in [0.25, 0.3) is 0 Å². The van der Waals surface area contributed by atoms with Crippen LogP contribution in [-0.4, -0.2) is 40.3 Å². The molecule has 0 radical (unpaired) electrons. The molecule has 0 saturated carbocycles. The minimum absolute atomic E-state index is 0.0643. The number of fused-ring (bicyclic) bond motifs is 3. The highest BCUT2D eigenvalue weighted by molar-refractivity contribution is 7.92. The number of urea groups is 1. The molecule has 50 heavy (non-hydrogen) atoms. The fourth-order valence-corrected chi connectivity index (χ4v) is 9.93. The second-order valence-corrected chi connectivity index (χ2v) is 15.3. The first kappa shape index (κ1) is 32.4. The molecule has 2 N–H and O–H groups in total. The van der Waals surface area contributed by atoms with E-state index in [0.717, 1.165) is 65.6 Å². The number of nitrogens with one attached hydrogen (secondary N) is 2. The molecule has 2 heterocycles. The Bertz CT molecular complexity index is 2060. The van der Waals surface area contributed by atoms with Gasteiger partial charge in [0.15, 0.2) is 9.92 Å². The van der Waals surface area contributed by atoms with E-state index in [-0.39, 0.29) is 16.9 Å². The standard InChI is InChI=1S/C40H41N5O4S/c1-27-25-49-38-35(24-41-45(27)38)50(47,43-39(46)42-37-34-20-12-13-28(34)23-29-21-22-30(26-48-2)36(29)37)44-40(31-14-6-3-7-15-31,32-16-8-4-9-17-32)33-18-10-5-11-19-33/h3-11,14-19,23-24,27,30H,12-13,20-22,25-26H2,1-2H3,(H2,42,43,44,46,47)/t27-,30+,50-/m0/s1. The van der Waals surface area contributed by atoms with Crippen molar-refractivity contribution in [2.75, 3.05) is 25.6 Å². The molecule has 1 aromatic heterocycles. The van der Waals surface area contributed by atoms with Crippen molar-refractivity contribution < 1.29 is 18.5 Å². The van der Waals surface area contributed by atoms with Crippen molar-refractivity contribution in [3.63, 3.8) is 0 Å². The minimum atomic E-state index is -3.82. The van der Waals surface area contributed by atoms with E-state index in [4.69, 9.17) is 9.47 Å². The molecule has 0 saturated heterocycles. The van der Waals surface area contributed by atoms with Gasteiger partial charge in [-0.1, -0.05) is 97.1 Å². The largest absolute Gasteiger partial charge is 0.475 e. The average molecular weight is 688 g/mol. The molecule has 2 aliphatic carbocycles. The van der Waals surface area contributed by atoms with Crippen LogP contribution in [0.15, 0.2) is 113 Å². The Balaban J connectivity index is 1.33. The highest BCUT2D eigenvalue weighted by atomic mass is 32.2. The van der Waals surface area contributed by atoms with Crippen LogP contribution in [0.25, 0.3) is 0 Å². The number of ether oxygens (including phenoxy) is 2. The first-order valence-corrected chi connectivity index (χ1v) is 18.8. The summed E-state index contributed by atoms with van der Waals surface area (Å²) in [6, 6.07) is 31.2. The summed E-state index contributed by atoms with van der Waals surface area (Å²) in [6.45, 7) is 2.93. The van der Waals surface area contributed by atoms with Crippen LogP contribution in [0.4, 0.5) is 10.5 Å². The van der Waals surface area contributed by atoms with Crippen molar-refractivity contribution in [3.8, 4) is 5.88 Å². The number of amides is 2. The number of rotatable bonds is 9. The second kappa shape index (κ2) is 13.2. The molecule has 8 rings (SSSR count). The summed E-state index contributed by atoms with van der Waals surface area (Å²) < 4.78 is 37.6. The Labute approximate surface area is 293 Å².